The van der Waals surface area contributed by atoms with E-state index in [1.807, 2.05) is 18.2 Å². The molecule has 0 unspecified atom stereocenters. The first-order chi connectivity index (χ1) is 12.0. The van der Waals surface area contributed by atoms with Crippen LogP contribution in [0.2, 0.25) is 0 Å². The van der Waals surface area contributed by atoms with Crippen molar-refractivity contribution in [1.29, 1.82) is 0 Å². The second-order valence-electron chi connectivity index (χ2n) is 3.76. The molecule has 1 heterocycles. The fourth-order valence-electron chi connectivity index (χ4n) is 0.775. The number of hydrogen-bond donors (Lipinski definition) is 2. The van der Waals surface area contributed by atoms with Crippen molar-refractivity contribution in [2.75, 3.05) is 7.11 Å². The molecule has 0 radical (unpaired) electrons. The summed E-state index contributed by atoms with van der Waals surface area (Å²) in [5.41, 5.74) is 0.757. The van der Waals surface area contributed by atoms with E-state index in [1.54, 1.807) is 12.4 Å². The summed E-state index contributed by atoms with van der Waals surface area (Å²) in [5, 5.41) is 21.6. The Labute approximate surface area is 159 Å². The van der Waals surface area contributed by atoms with Gasteiger partial charge in [-0.3, -0.25) is 10.6 Å². The first-order valence-electron chi connectivity index (χ1n) is 6.34. The van der Waals surface area contributed by atoms with Crippen molar-refractivity contribution in [2.24, 2.45) is 10.3 Å². The maximum absolute atomic E-state index is 9.85. The third-order valence-corrected chi connectivity index (χ3v) is 2.18. The Morgan fingerprint density at radius 1 is 1.00 bits per heavy atom. The summed E-state index contributed by atoms with van der Waals surface area (Å²) in [6.07, 6.45) is 6.46. The van der Waals surface area contributed by atoms with Gasteiger partial charge in [-0.05, 0) is 26.0 Å². The molecule has 8 nitrogen and oxygen atoms in total. The van der Waals surface area contributed by atoms with Crippen LogP contribution in [0.5, 0.6) is 0 Å². The zero-order valence-corrected chi connectivity index (χ0v) is 15.9. The van der Waals surface area contributed by atoms with Crippen molar-refractivity contribution >= 4 is 34.1 Å². The van der Waals surface area contributed by atoms with Crippen molar-refractivity contribution in [3.05, 3.63) is 41.9 Å². The van der Waals surface area contributed by atoms with Gasteiger partial charge in [0.15, 0.2) is 0 Å². The molecule has 0 saturated carbocycles. The molecule has 0 aromatic carbocycles. The third-order valence-electron chi connectivity index (χ3n) is 2.18. The van der Waals surface area contributed by atoms with Gasteiger partial charge in [0.25, 0.3) is 0 Å². The van der Waals surface area contributed by atoms with Crippen LogP contribution >= 0.6 is 10.1 Å². The van der Waals surface area contributed by atoms with Gasteiger partial charge in [0, 0.05) is 19.5 Å². The maximum atomic E-state index is 9.85. The molecule has 0 atom stereocenters. The minimum Gasteiger partial charge on any atom is -0.265 e. The van der Waals surface area contributed by atoms with Crippen LogP contribution in [0.4, 0.5) is 0 Å². The van der Waals surface area contributed by atoms with Crippen LogP contribution in [0.3, 0.4) is 0 Å². The van der Waals surface area contributed by atoms with Crippen LogP contribution in [0.15, 0.2) is 52.2 Å². The number of oxime groups is 2. The minimum absolute atomic E-state index is 0.0926. The average Bonchev–Trinajstić information content (AvgIpc) is 2.71. The second kappa shape index (κ2) is 21.8. The first-order valence-corrected chi connectivity index (χ1v) is 7.78. The van der Waals surface area contributed by atoms with Crippen LogP contribution in [-0.2, 0) is 29.2 Å². The molecule has 2 N–H and O–H groups in total. The van der Waals surface area contributed by atoms with Gasteiger partial charge in [0.2, 0.25) is 0 Å². The smallest absolute Gasteiger partial charge is 0.0267 e. The Morgan fingerprint density at radius 3 is 1.56 bits per heavy atom. The third kappa shape index (κ3) is 18.0. The predicted molar refractivity (Wildman–Crippen MR) is 91.0 cm³/mol. The number of pyridine rings is 1. The molecule has 1 rings (SSSR count). The van der Waals surface area contributed by atoms with E-state index < -0.39 is 0 Å². The summed E-state index contributed by atoms with van der Waals surface area (Å²) in [6, 6.07) is 5.72. The van der Waals surface area contributed by atoms with E-state index in [-0.39, 0.29) is 11.3 Å². The summed E-state index contributed by atoms with van der Waals surface area (Å²) < 4.78 is 4.45. The predicted octanol–water partition coefficient (Wildman–Crippen LogP) is 2.58. The van der Waals surface area contributed by atoms with Crippen LogP contribution in [0, 0.1) is 0 Å². The van der Waals surface area contributed by atoms with Crippen molar-refractivity contribution in [1.82, 2.24) is 4.98 Å². The summed E-state index contributed by atoms with van der Waals surface area (Å²) >= 11 is 3.03. The molecule has 0 bridgehead atoms. The molecule has 0 aliphatic rings. The fraction of sp³-hybridized carbons (Fsp3) is 0.267. The largest absolute Gasteiger partial charge is 0.265 e. The minimum atomic E-state index is -0.0926. The van der Waals surface area contributed by atoms with Crippen molar-refractivity contribution in [2.45, 2.75) is 20.8 Å². The summed E-state index contributed by atoms with van der Waals surface area (Å²) in [6.45, 7) is 4.50. The van der Waals surface area contributed by atoms with Crippen LogP contribution in [0.25, 0.3) is 0 Å². The number of carbonyl (C=O) groups excluding carboxylic acids is 2. The molecule has 0 spiro atoms. The zero-order chi connectivity index (χ0) is 20.1. The van der Waals surface area contributed by atoms with Gasteiger partial charge in [0.05, 0.1) is 0 Å². The summed E-state index contributed by atoms with van der Waals surface area (Å²) in [7, 11) is 5.62. The van der Waals surface area contributed by atoms with Gasteiger partial charge in [-0.25, -0.2) is 0 Å². The number of allylic oxidation sites excluding steroid dienone is 2. The number of methoxy groups -OCH3 is 1. The summed E-state index contributed by atoms with van der Waals surface area (Å²) in [5.74, 6) is -0.0926. The van der Waals surface area contributed by atoms with Crippen molar-refractivity contribution in [3.63, 3.8) is 0 Å². The second-order valence-corrected chi connectivity index (χ2v) is 3.76. The van der Waals surface area contributed by atoms with Gasteiger partial charge < -0.3 is 24.7 Å². The topological polar surface area (TPSA) is 121 Å². The van der Waals surface area contributed by atoms with Crippen molar-refractivity contribution in [3.8, 4) is 0 Å². The SMILES string of the molecule is CC(=N\O)/C(C)=N/O.CO/C([C-]=O)=C(\C)[C-]=O.[Cl][Co+2].c1ccncc1. The first kappa shape index (κ1) is 27.6. The van der Waals surface area contributed by atoms with Crippen LogP contribution in [0.1, 0.15) is 20.8 Å². The van der Waals surface area contributed by atoms with Crippen LogP contribution in [-0.4, -0.2) is 46.5 Å². The standard InChI is InChI=1S/C6H6O3.C5H5N.C4H8N2O2.ClH.Co/c1-5(3-7)6(4-8)9-2;1-2-4-6-5-3-1;1-3(5-7)4(2)6-8;;/h1-2H3;1-5H;7-8H,1-2H3;1H;/q-2;;;;+3/p-1/b6-5+;;5-3+,6-4+;;. The number of rotatable bonds is 4. The van der Waals surface area contributed by atoms with E-state index in [0.29, 0.717) is 11.4 Å². The Balaban J connectivity index is -0.000000280. The molecule has 1 aromatic rings. The Kier molecular flexibility index (Phi) is 24.0. The molecule has 0 amide bonds. The van der Waals surface area contributed by atoms with E-state index in [4.69, 9.17) is 10.4 Å². The molecular formula is C15H19ClCoN3O5. The van der Waals surface area contributed by atoms with E-state index in [9.17, 15) is 9.59 Å². The quantitative estimate of drug-likeness (QED) is 0.195. The Morgan fingerprint density at radius 2 is 1.44 bits per heavy atom. The van der Waals surface area contributed by atoms with E-state index in [0.717, 1.165) is 0 Å². The van der Waals surface area contributed by atoms with Crippen molar-refractivity contribution < 1.29 is 39.6 Å². The normalized spacial score (nSPS) is 11.0. The molecular weight excluding hydrogens is 397 g/mol. The molecule has 0 aliphatic heterocycles. The molecule has 0 aliphatic carbocycles. The number of ether oxygens (including phenoxy) is 1. The van der Waals surface area contributed by atoms with E-state index in [1.165, 1.54) is 40.5 Å². The molecule has 0 fully saturated rings. The van der Waals surface area contributed by atoms with Gasteiger partial charge >= 0.3 is 25.0 Å². The van der Waals surface area contributed by atoms with Gasteiger partial charge in [-0.2, -0.15) is 5.76 Å². The monoisotopic (exact) mass is 415 g/mol. The van der Waals surface area contributed by atoms with Gasteiger partial charge in [-0.1, -0.05) is 22.7 Å². The maximum Gasteiger partial charge on any atom is 0.0267 e. The van der Waals surface area contributed by atoms with Gasteiger partial charge in [-0.15, -0.1) is 13.2 Å². The average molecular weight is 416 g/mol. The Hall–Kier alpha value is -2.23. The fourth-order valence-corrected chi connectivity index (χ4v) is 0.775. The summed E-state index contributed by atoms with van der Waals surface area (Å²) in [4.78, 5) is 23.5. The van der Waals surface area contributed by atoms with Gasteiger partial charge in [0.1, 0.15) is 11.4 Å². The number of halogens is 1. The molecule has 140 valence electrons. The molecule has 1 aromatic heterocycles. The van der Waals surface area contributed by atoms with Crippen LogP contribution < -0.4 is 0 Å². The molecule has 25 heavy (non-hydrogen) atoms. The number of hydrogen-bond acceptors (Lipinski definition) is 8. The van der Waals surface area contributed by atoms with E-state index in [2.05, 4.69) is 45.0 Å². The molecule has 0 saturated heterocycles. The molecule has 10 heteroatoms. The zero-order valence-electron chi connectivity index (χ0n) is 14.1. The number of aromatic nitrogens is 1. The Bertz CT molecular complexity index is 509. The number of nitrogens with zero attached hydrogens (tertiary/aromatic N) is 3. The van der Waals surface area contributed by atoms with E-state index >= 15 is 0 Å².